The number of methoxy groups -OCH3 is 1. The Morgan fingerprint density at radius 1 is 1.02 bits per heavy atom. The number of carbonyl (C=O) groups is 2. The molecule has 6 rings (SSSR count). The Morgan fingerprint density at radius 3 is 2.39 bits per heavy atom. The molecular formula is C36H42FN3O4. The predicted octanol–water partition coefficient (Wildman–Crippen LogP) is 6.74. The van der Waals surface area contributed by atoms with Crippen molar-refractivity contribution in [2.24, 2.45) is 0 Å². The van der Waals surface area contributed by atoms with Gasteiger partial charge in [0.2, 0.25) is 0 Å². The van der Waals surface area contributed by atoms with Crippen LogP contribution in [0.15, 0.2) is 42.5 Å². The molecule has 1 saturated carbocycles. The van der Waals surface area contributed by atoms with E-state index >= 15 is 0 Å². The van der Waals surface area contributed by atoms with E-state index in [9.17, 15) is 14.0 Å². The van der Waals surface area contributed by atoms with Crippen molar-refractivity contribution >= 4 is 11.9 Å². The summed E-state index contributed by atoms with van der Waals surface area (Å²) in [7, 11) is 1.36. The average Bonchev–Trinajstić information content (AvgIpc) is 3.88. The first-order valence-electron chi connectivity index (χ1n) is 16.0. The quantitative estimate of drug-likeness (QED) is 0.254. The van der Waals surface area contributed by atoms with E-state index in [0.717, 1.165) is 55.0 Å². The van der Waals surface area contributed by atoms with Gasteiger partial charge in [0, 0.05) is 44.2 Å². The third-order valence-corrected chi connectivity index (χ3v) is 9.26. The summed E-state index contributed by atoms with van der Waals surface area (Å²) in [5, 5.41) is 0. The first-order valence-corrected chi connectivity index (χ1v) is 16.0. The number of fused-ring (bicyclic) bond motifs is 1. The van der Waals surface area contributed by atoms with Crippen LogP contribution in [-0.4, -0.2) is 66.1 Å². The van der Waals surface area contributed by atoms with Gasteiger partial charge in [0.15, 0.2) is 0 Å². The van der Waals surface area contributed by atoms with Gasteiger partial charge in [-0.15, -0.1) is 0 Å². The third-order valence-electron chi connectivity index (χ3n) is 9.26. The molecule has 1 aromatic heterocycles. The number of amides is 1. The molecule has 8 heteroatoms. The molecule has 1 saturated heterocycles. The minimum Gasteiger partial charge on any atom is -0.494 e. The van der Waals surface area contributed by atoms with Gasteiger partial charge in [0.1, 0.15) is 11.6 Å². The standard InChI is InChI=1S/C36H42FN3O4/c1-5-44-33-20-29(24-8-10-26(37)11-9-24)28(23-6-7-23)18-25(33)21-39-15-12-27(13-16-39)40-17-14-32-30(35(40)41)19-31(36(42)43-4)34(38-32)22(2)3/h8-11,18-20,22-23,27H,5-7,12-17,21H2,1-4H3. The Hall–Kier alpha value is -3.78. The molecule has 0 radical (unpaired) electrons. The maximum atomic E-state index is 13.7. The molecule has 0 spiro atoms. The number of benzene rings is 2. The summed E-state index contributed by atoms with van der Waals surface area (Å²) in [5.41, 5.74) is 7.03. The van der Waals surface area contributed by atoms with Gasteiger partial charge in [-0.3, -0.25) is 14.7 Å². The van der Waals surface area contributed by atoms with E-state index in [1.54, 1.807) is 6.07 Å². The Kier molecular flexibility index (Phi) is 8.72. The first-order chi connectivity index (χ1) is 21.3. The second-order valence-corrected chi connectivity index (χ2v) is 12.6. The van der Waals surface area contributed by atoms with E-state index in [4.69, 9.17) is 14.5 Å². The zero-order valence-electron chi connectivity index (χ0n) is 26.2. The number of nitrogens with zero attached hydrogens (tertiary/aromatic N) is 3. The van der Waals surface area contributed by atoms with Crippen LogP contribution in [-0.2, 0) is 17.7 Å². The average molecular weight is 600 g/mol. The topological polar surface area (TPSA) is 72.0 Å². The fourth-order valence-electron chi connectivity index (χ4n) is 6.79. The highest BCUT2D eigenvalue weighted by molar-refractivity contribution is 6.00. The molecule has 7 nitrogen and oxygen atoms in total. The van der Waals surface area contributed by atoms with E-state index in [2.05, 4.69) is 17.0 Å². The number of esters is 1. The van der Waals surface area contributed by atoms with Crippen molar-refractivity contribution in [1.82, 2.24) is 14.8 Å². The highest BCUT2D eigenvalue weighted by atomic mass is 19.1. The van der Waals surface area contributed by atoms with Crippen molar-refractivity contribution < 1.29 is 23.5 Å². The number of carbonyl (C=O) groups excluding carboxylic acids is 2. The molecule has 3 aliphatic rings. The first kappa shape index (κ1) is 30.3. The lowest BCUT2D eigenvalue weighted by Crippen LogP contribution is -2.50. The van der Waals surface area contributed by atoms with Gasteiger partial charge in [-0.25, -0.2) is 9.18 Å². The second kappa shape index (κ2) is 12.7. The Bertz CT molecular complexity index is 1540. The van der Waals surface area contributed by atoms with Crippen LogP contribution in [0.25, 0.3) is 11.1 Å². The van der Waals surface area contributed by atoms with Crippen LogP contribution in [0.1, 0.15) is 102 Å². The van der Waals surface area contributed by atoms with Crippen molar-refractivity contribution in [3.63, 3.8) is 0 Å². The maximum Gasteiger partial charge on any atom is 0.339 e. The summed E-state index contributed by atoms with van der Waals surface area (Å²) < 4.78 is 24.8. The van der Waals surface area contributed by atoms with Crippen LogP contribution >= 0.6 is 0 Å². The van der Waals surface area contributed by atoms with Crippen molar-refractivity contribution in [3.8, 4) is 16.9 Å². The predicted molar refractivity (Wildman–Crippen MR) is 168 cm³/mol. The normalized spacial score (nSPS) is 17.6. The summed E-state index contributed by atoms with van der Waals surface area (Å²) in [5.74, 6) is 0.746. The van der Waals surface area contributed by atoms with Gasteiger partial charge in [-0.2, -0.15) is 0 Å². The van der Waals surface area contributed by atoms with Gasteiger partial charge >= 0.3 is 5.97 Å². The molecule has 232 valence electrons. The zero-order chi connectivity index (χ0) is 31.0. The highest BCUT2D eigenvalue weighted by Crippen LogP contribution is 2.47. The Balaban J connectivity index is 1.17. The number of ether oxygens (including phenoxy) is 2. The van der Waals surface area contributed by atoms with Crippen molar-refractivity contribution in [1.29, 1.82) is 0 Å². The minimum atomic E-state index is -0.454. The van der Waals surface area contributed by atoms with Crippen molar-refractivity contribution in [2.45, 2.75) is 77.3 Å². The summed E-state index contributed by atoms with van der Waals surface area (Å²) in [4.78, 5) is 35.4. The molecule has 0 unspecified atom stereocenters. The fourth-order valence-corrected chi connectivity index (χ4v) is 6.79. The number of aromatic nitrogens is 1. The Morgan fingerprint density at radius 2 is 1.75 bits per heavy atom. The molecule has 0 N–H and O–H groups in total. The van der Waals surface area contributed by atoms with E-state index in [1.165, 1.54) is 43.2 Å². The summed E-state index contributed by atoms with van der Waals surface area (Å²) in [6.45, 7) is 9.75. The molecule has 0 atom stereocenters. The van der Waals surface area contributed by atoms with Gasteiger partial charge in [-0.1, -0.05) is 26.0 Å². The molecule has 0 bridgehead atoms. The number of piperidine rings is 1. The van der Waals surface area contributed by atoms with Gasteiger partial charge in [0.25, 0.3) is 5.91 Å². The smallest absolute Gasteiger partial charge is 0.339 e. The molecule has 1 aliphatic carbocycles. The van der Waals surface area contributed by atoms with Crippen LogP contribution < -0.4 is 4.74 Å². The number of pyridine rings is 1. The highest BCUT2D eigenvalue weighted by Gasteiger charge is 2.35. The van der Waals surface area contributed by atoms with Gasteiger partial charge in [-0.05, 0) is 91.5 Å². The number of halogens is 1. The second-order valence-electron chi connectivity index (χ2n) is 12.6. The fraction of sp³-hybridized carbons (Fsp3) is 0.472. The Labute approximate surface area is 259 Å². The van der Waals surface area contributed by atoms with Crippen LogP contribution in [0.3, 0.4) is 0 Å². The van der Waals surface area contributed by atoms with Crippen molar-refractivity contribution in [2.75, 3.05) is 33.4 Å². The van der Waals surface area contributed by atoms with Crippen LogP contribution in [0.4, 0.5) is 4.39 Å². The lowest BCUT2D eigenvalue weighted by atomic mass is 9.92. The SMILES string of the molecule is CCOc1cc(-c2ccc(F)cc2)c(C2CC2)cc1CN1CCC(N2CCc3nc(C(C)C)c(C(=O)OC)cc3C2=O)CC1. The number of hydrogen-bond acceptors (Lipinski definition) is 6. The summed E-state index contributed by atoms with van der Waals surface area (Å²) in [6.07, 6.45) is 4.81. The maximum absolute atomic E-state index is 13.7. The zero-order valence-corrected chi connectivity index (χ0v) is 26.2. The van der Waals surface area contributed by atoms with E-state index < -0.39 is 5.97 Å². The number of rotatable bonds is 9. The summed E-state index contributed by atoms with van der Waals surface area (Å²) >= 11 is 0. The molecule has 3 aromatic rings. The molecule has 1 amide bonds. The van der Waals surface area contributed by atoms with E-state index in [1.807, 2.05) is 37.8 Å². The lowest BCUT2D eigenvalue weighted by Gasteiger charge is -2.40. The van der Waals surface area contributed by atoms with Crippen LogP contribution in [0, 0.1) is 5.82 Å². The monoisotopic (exact) mass is 599 g/mol. The molecule has 3 heterocycles. The minimum absolute atomic E-state index is 0.0400. The molecule has 2 fully saturated rings. The van der Waals surface area contributed by atoms with Gasteiger partial charge < -0.3 is 14.4 Å². The third kappa shape index (κ3) is 6.09. The summed E-state index contributed by atoms with van der Waals surface area (Å²) in [6, 6.07) is 13.1. The number of likely N-dealkylation sites (tertiary alicyclic amines) is 1. The molecule has 44 heavy (non-hydrogen) atoms. The van der Waals surface area contributed by atoms with Crippen LogP contribution in [0.2, 0.25) is 0 Å². The van der Waals surface area contributed by atoms with E-state index in [0.29, 0.717) is 42.3 Å². The molecule has 2 aliphatic heterocycles. The lowest BCUT2D eigenvalue weighted by molar-refractivity contribution is 0.0542. The van der Waals surface area contributed by atoms with Gasteiger partial charge in [0.05, 0.1) is 36.2 Å². The molecule has 2 aromatic carbocycles. The number of hydrogen-bond donors (Lipinski definition) is 0. The molecular weight excluding hydrogens is 557 g/mol. The van der Waals surface area contributed by atoms with E-state index in [-0.39, 0.29) is 23.7 Å². The van der Waals surface area contributed by atoms with Crippen LogP contribution in [0.5, 0.6) is 5.75 Å². The largest absolute Gasteiger partial charge is 0.494 e. The van der Waals surface area contributed by atoms with Crippen molar-refractivity contribution in [3.05, 3.63) is 81.9 Å².